The lowest BCUT2D eigenvalue weighted by atomic mass is 10.2. The van der Waals surface area contributed by atoms with Gasteiger partial charge in [-0.05, 0) is 25.8 Å². The van der Waals surface area contributed by atoms with Crippen molar-refractivity contribution in [2.75, 3.05) is 5.32 Å². The second kappa shape index (κ2) is 6.10. The summed E-state index contributed by atoms with van der Waals surface area (Å²) >= 11 is 0. The van der Waals surface area contributed by atoms with Crippen LogP contribution in [0.1, 0.15) is 41.7 Å². The van der Waals surface area contributed by atoms with Gasteiger partial charge in [0.25, 0.3) is 0 Å². The molecule has 0 radical (unpaired) electrons. The first-order valence-corrected chi connectivity index (χ1v) is 7.24. The maximum absolute atomic E-state index is 12.6. The monoisotopic (exact) mass is 341 g/mol. The number of carbonyl (C=O) groups is 1. The summed E-state index contributed by atoms with van der Waals surface area (Å²) < 4.78 is 42.9. The van der Waals surface area contributed by atoms with Gasteiger partial charge in [0.15, 0.2) is 5.76 Å². The molecule has 0 spiro atoms. The van der Waals surface area contributed by atoms with Crippen LogP contribution in [0, 0.1) is 6.92 Å². The molecular formula is C14H14F3N5O2. The second-order valence-corrected chi connectivity index (χ2v) is 5.45. The van der Waals surface area contributed by atoms with Crippen molar-refractivity contribution < 1.29 is 22.5 Å². The van der Waals surface area contributed by atoms with E-state index in [4.69, 9.17) is 4.52 Å². The number of hydrogen-bond acceptors (Lipinski definition) is 5. The third-order valence-corrected chi connectivity index (χ3v) is 3.48. The summed E-state index contributed by atoms with van der Waals surface area (Å²) in [5, 5.41) is 8.85. The summed E-state index contributed by atoms with van der Waals surface area (Å²) in [6.45, 7) is 1.46. The Morgan fingerprint density at radius 3 is 2.83 bits per heavy atom. The molecule has 0 aliphatic heterocycles. The number of alkyl halides is 3. The lowest BCUT2D eigenvalue weighted by Crippen LogP contribution is -2.29. The van der Waals surface area contributed by atoms with Crippen LogP contribution in [0.2, 0.25) is 0 Å². The highest BCUT2D eigenvalue weighted by molar-refractivity contribution is 5.90. The Morgan fingerprint density at radius 2 is 2.17 bits per heavy atom. The first-order chi connectivity index (χ1) is 11.3. The first kappa shape index (κ1) is 16.2. The van der Waals surface area contributed by atoms with Crippen LogP contribution in [0.15, 0.2) is 16.8 Å². The van der Waals surface area contributed by atoms with Crippen LogP contribution in [-0.4, -0.2) is 21.2 Å². The summed E-state index contributed by atoms with van der Waals surface area (Å²) in [7, 11) is 0. The van der Waals surface area contributed by atoms with Crippen LogP contribution in [0.4, 0.5) is 23.7 Å². The normalized spacial score (nSPS) is 14.5. The minimum Gasteiger partial charge on any atom is -0.359 e. The maximum Gasteiger partial charge on any atom is 0.433 e. The van der Waals surface area contributed by atoms with Crippen LogP contribution in [0.5, 0.6) is 0 Å². The summed E-state index contributed by atoms with van der Waals surface area (Å²) in [4.78, 5) is 19.0. The van der Waals surface area contributed by atoms with E-state index in [-0.39, 0.29) is 18.3 Å². The van der Waals surface area contributed by atoms with Gasteiger partial charge >= 0.3 is 12.2 Å². The van der Waals surface area contributed by atoms with Crippen molar-refractivity contribution in [1.29, 1.82) is 0 Å². The molecule has 0 saturated heterocycles. The van der Waals surface area contributed by atoms with E-state index in [9.17, 15) is 18.0 Å². The van der Waals surface area contributed by atoms with Crippen molar-refractivity contribution in [3.63, 3.8) is 0 Å². The van der Waals surface area contributed by atoms with E-state index >= 15 is 0 Å². The minimum atomic E-state index is -4.56. The number of amides is 2. The fourth-order valence-corrected chi connectivity index (χ4v) is 2.12. The zero-order valence-electron chi connectivity index (χ0n) is 12.6. The second-order valence-electron chi connectivity index (χ2n) is 5.45. The van der Waals surface area contributed by atoms with E-state index in [0.29, 0.717) is 17.1 Å². The molecule has 2 aromatic heterocycles. The number of rotatable bonds is 4. The average Bonchev–Trinajstić information content (AvgIpc) is 3.31. The fraction of sp³-hybridized carbons (Fsp3) is 0.429. The maximum atomic E-state index is 12.6. The van der Waals surface area contributed by atoms with Gasteiger partial charge in [-0.1, -0.05) is 5.16 Å². The third-order valence-electron chi connectivity index (χ3n) is 3.48. The van der Waals surface area contributed by atoms with Crippen LogP contribution < -0.4 is 10.6 Å². The molecule has 7 nitrogen and oxygen atoms in total. The van der Waals surface area contributed by atoms with Gasteiger partial charge < -0.3 is 15.2 Å². The number of nitrogens with zero attached hydrogens (tertiary/aromatic N) is 3. The molecule has 1 saturated carbocycles. The molecule has 10 heteroatoms. The molecule has 3 rings (SSSR count). The van der Waals surface area contributed by atoms with Gasteiger partial charge in [0.05, 0.1) is 6.54 Å². The molecule has 1 aliphatic carbocycles. The van der Waals surface area contributed by atoms with Crippen molar-refractivity contribution in [2.45, 2.75) is 38.4 Å². The molecule has 128 valence electrons. The predicted octanol–water partition coefficient (Wildman–Crippen LogP) is 2.99. The number of aromatic nitrogens is 3. The Kier molecular flexibility index (Phi) is 4.12. The van der Waals surface area contributed by atoms with E-state index in [1.807, 2.05) is 0 Å². The van der Waals surface area contributed by atoms with Gasteiger partial charge in [-0.25, -0.2) is 14.8 Å². The smallest absolute Gasteiger partial charge is 0.359 e. The Hall–Kier alpha value is -2.65. The number of aryl methyl sites for hydroxylation is 1. The number of halogens is 3. The Bertz CT molecular complexity index is 755. The number of urea groups is 1. The van der Waals surface area contributed by atoms with E-state index in [2.05, 4.69) is 25.8 Å². The standard InChI is InChI=1S/C14H14F3N5O2/c1-7-11(12(24-22-7)8-2-3-8)21-13(23)19-6-10-18-5-4-9(20-10)14(15,16)17/h4-5,8H,2-3,6H2,1H3,(H2,19,21,23). The van der Waals surface area contributed by atoms with Crippen LogP contribution in [-0.2, 0) is 12.7 Å². The van der Waals surface area contributed by atoms with Crippen molar-refractivity contribution >= 4 is 11.7 Å². The summed E-state index contributed by atoms with van der Waals surface area (Å²) in [6, 6.07) is 0.177. The molecule has 2 aromatic rings. The highest BCUT2D eigenvalue weighted by Gasteiger charge is 2.33. The molecule has 2 amide bonds. The number of carbonyl (C=O) groups excluding carboxylic acids is 1. The molecule has 1 fully saturated rings. The Morgan fingerprint density at radius 1 is 1.42 bits per heavy atom. The fourth-order valence-electron chi connectivity index (χ4n) is 2.12. The van der Waals surface area contributed by atoms with Crippen LogP contribution in [0.3, 0.4) is 0 Å². The van der Waals surface area contributed by atoms with E-state index in [1.54, 1.807) is 6.92 Å². The zero-order valence-corrected chi connectivity index (χ0v) is 12.6. The molecular weight excluding hydrogens is 327 g/mol. The van der Waals surface area contributed by atoms with Gasteiger partial charge in [-0.2, -0.15) is 13.2 Å². The molecule has 1 aliphatic rings. The van der Waals surface area contributed by atoms with Gasteiger partial charge in [0.1, 0.15) is 22.9 Å². The molecule has 24 heavy (non-hydrogen) atoms. The molecule has 0 aromatic carbocycles. The van der Waals surface area contributed by atoms with E-state index in [1.165, 1.54) is 0 Å². The van der Waals surface area contributed by atoms with E-state index in [0.717, 1.165) is 25.1 Å². The lowest BCUT2D eigenvalue weighted by molar-refractivity contribution is -0.141. The predicted molar refractivity (Wildman–Crippen MR) is 76.1 cm³/mol. The summed E-state index contributed by atoms with van der Waals surface area (Å²) in [5.41, 5.74) is -0.0112. The summed E-state index contributed by atoms with van der Waals surface area (Å²) in [5.74, 6) is 0.746. The number of nitrogens with one attached hydrogen (secondary N) is 2. The average molecular weight is 341 g/mol. The molecule has 0 atom stereocenters. The first-order valence-electron chi connectivity index (χ1n) is 7.24. The van der Waals surface area contributed by atoms with Crippen molar-refractivity contribution in [3.05, 3.63) is 35.2 Å². The van der Waals surface area contributed by atoms with Crippen LogP contribution in [0.25, 0.3) is 0 Å². The highest BCUT2D eigenvalue weighted by atomic mass is 19.4. The van der Waals surface area contributed by atoms with Gasteiger partial charge in [-0.3, -0.25) is 0 Å². The SMILES string of the molecule is Cc1noc(C2CC2)c1NC(=O)NCc1nccc(C(F)(F)F)n1. The van der Waals surface area contributed by atoms with Gasteiger partial charge in [-0.15, -0.1) is 0 Å². The molecule has 0 unspecified atom stereocenters. The molecule has 2 heterocycles. The van der Waals surface area contributed by atoms with Crippen LogP contribution >= 0.6 is 0 Å². The largest absolute Gasteiger partial charge is 0.433 e. The highest BCUT2D eigenvalue weighted by Crippen LogP contribution is 2.44. The Labute approximate surface area is 134 Å². The Balaban J connectivity index is 1.61. The van der Waals surface area contributed by atoms with Gasteiger partial charge in [0, 0.05) is 12.1 Å². The summed E-state index contributed by atoms with van der Waals surface area (Å²) in [6.07, 6.45) is -1.61. The van der Waals surface area contributed by atoms with Gasteiger partial charge in [0.2, 0.25) is 0 Å². The van der Waals surface area contributed by atoms with Crippen molar-refractivity contribution in [3.8, 4) is 0 Å². The lowest BCUT2D eigenvalue weighted by Gasteiger charge is -2.09. The minimum absolute atomic E-state index is 0.135. The van der Waals surface area contributed by atoms with Crippen molar-refractivity contribution in [2.24, 2.45) is 0 Å². The topological polar surface area (TPSA) is 92.9 Å². The number of hydrogen-bond donors (Lipinski definition) is 2. The van der Waals surface area contributed by atoms with E-state index < -0.39 is 17.9 Å². The molecule has 0 bridgehead atoms. The molecule has 2 N–H and O–H groups in total. The third kappa shape index (κ3) is 3.63. The quantitative estimate of drug-likeness (QED) is 0.892. The zero-order chi connectivity index (χ0) is 17.3. The van der Waals surface area contributed by atoms with Crippen molar-refractivity contribution in [1.82, 2.24) is 20.4 Å². The number of anilines is 1.